The molecule has 128 valence electrons. The summed E-state index contributed by atoms with van der Waals surface area (Å²) in [7, 11) is -3.37. The number of aryl methyl sites for hydroxylation is 1. The lowest BCUT2D eigenvalue weighted by molar-refractivity contribution is -0.0557. The van der Waals surface area contributed by atoms with Crippen molar-refractivity contribution in [2.45, 2.75) is 31.8 Å². The Morgan fingerprint density at radius 3 is 2.38 bits per heavy atom. The van der Waals surface area contributed by atoms with Gasteiger partial charge in [-0.25, -0.2) is 8.42 Å². The van der Waals surface area contributed by atoms with Crippen molar-refractivity contribution in [3.8, 4) is 0 Å². The standard InChI is InChI=1S/C19H23NO3S/c1-15-8-10-18(11-9-15)19-13-20(12-16(2)23-19)24(21,22)14-17-6-4-3-5-7-17/h3-11,16,19H,12-14H2,1-2H3. The van der Waals surface area contributed by atoms with E-state index in [4.69, 9.17) is 4.74 Å². The first kappa shape index (κ1) is 17.1. The summed E-state index contributed by atoms with van der Waals surface area (Å²) in [5, 5.41) is 0. The molecule has 2 aromatic carbocycles. The van der Waals surface area contributed by atoms with Crippen LogP contribution in [0.25, 0.3) is 0 Å². The Hall–Kier alpha value is -1.69. The van der Waals surface area contributed by atoms with Gasteiger partial charge in [0.1, 0.15) is 0 Å². The second-order valence-electron chi connectivity index (χ2n) is 6.40. The van der Waals surface area contributed by atoms with E-state index in [0.717, 1.165) is 11.1 Å². The first-order chi connectivity index (χ1) is 11.4. The number of hydrogen-bond acceptors (Lipinski definition) is 3. The smallest absolute Gasteiger partial charge is 0.218 e. The number of ether oxygens (including phenoxy) is 1. The fourth-order valence-electron chi connectivity index (χ4n) is 2.98. The molecule has 2 atom stereocenters. The van der Waals surface area contributed by atoms with E-state index in [2.05, 4.69) is 0 Å². The minimum Gasteiger partial charge on any atom is -0.368 e. The molecule has 0 aromatic heterocycles. The van der Waals surface area contributed by atoms with Crippen LogP contribution in [0.15, 0.2) is 54.6 Å². The van der Waals surface area contributed by atoms with Gasteiger partial charge in [0.05, 0.1) is 18.0 Å². The van der Waals surface area contributed by atoms with Gasteiger partial charge in [0, 0.05) is 13.1 Å². The van der Waals surface area contributed by atoms with Crippen molar-refractivity contribution in [2.75, 3.05) is 13.1 Å². The zero-order chi connectivity index (χ0) is 17.2. The average Bonchev–Trinajstić information content (AvgIpc) is 2.55. The molecule has 0 aliphatic carbocycles. The fraction of sp³-hybridized carbons (Fsp3) is 0.368. The van der Waals surface area contributed by atoms with Crippen molar-refractivity contribution in [1.82, 2.24) is 4.31 Å². The zero-order valence-electron chi connectivity index (χ0n) is 14.1. The summed E-state index contributed by atoms with van der Waals surface area (Å²) >= 11 is 0. The summed E-state index contributed by atoms with van der Waals surface area (Å²) in [5.41, 5.74) is 3.01. The minimum absolute atomic E-state index is 0.0289. The largest absolute Gasteiger partial charge is 0.368 e. The molecule has 1 saturated heterocycles. The van der Waals surface area contributed by atoms with Crippen molar-refractivity contribution in [3.63, 3.8) is 0 Å². The maximum atomic E-state index is 12.8. The maximum Gasteiger partial charge on any atom is 0.218 e. The topological polar surface area (TPSA) is 46.6 Å². The predicted molar refractivity (Wildman–Crippen MR) is 95.1 cm³/mol. The number of rotatable bonds is 4. The molecule has 2 unspecified atom stereocenters. The van der Waals surface area contributed by atoms with E-state index in [1.54, 1.807) is 4.31 Å². The molecule has 1 fully saturated rings. The Morgan fingerprint density at radius 2 is 1.71 bits per heavy atom. The van der Waals surface area contributed by atoms with Crippen LogP contribution in [-0.4, -0.2) is 31.9 Å². The molecular formula is C19H23NO3S. The van der Waals surface area contributed by atoms with Crippen LogP contribution in [0.5, 0.6) is 0 Å². The number of sulfonamides is 1. The zero-order valence-corrected chi connectivity index (χ0v) is 14.9. The molecule has 1 aliphatic heterocycles. The number of nitrogens with zero attached hydrogens (tertiary/aromatic N) is 1. The van der Waals surface area contributed by atoms with Gasteiger partial charge >= 0.3 is 0 Å². The second-order valence-corrected chi connectivity index (χ2v) is 8.37. The third-order valence-corrected chi connectivity index (χ3v) is 6.04. The van der Waals surface area contributed by atoms with Gasteiger partial charge in [-0.2, -0.15) is 4.31 Å². The Kier molecular flexibility index (Phi) is 5.04. The van der Waals surface area contributed by atoms with Gasteiger partial charge in [-0.15, -0.1) is 0 Å². The number of hydrogen-bond donors (Lipinski definition) is 0. The number of benzene rings is 2. The number of morpholine rings is 1. The first-order valence-electron chi connectivity index (χ1n) is 8.18. The van der Waals surface area contributed by atoms with Crippen LogP contribution in [-0.2, 0) is 20.5 Å². The Morgan fingerprint density at radius 1 is 1.04 bits per heavy atom. The third-order valence-electron chi connectivity index (χ3n) is 4.26. The predicted octanol–water partition coefficient (Wildman–Crippen LogP) is 3.29. The molecule has 0 N–H and O–H groups in total. The molecule has 3 rings (SSSR count). The van der Waals surface area contributed by atoms with Gasteiger partial charge in [0.25, 0.3) is 0 Å². The minimum atomic E-state index is -3.37. The first-order valence-corrected chi connectivity index (χ1v) is 9.79. The highest BCUT2D eigenvalue weighted by Crippen LogP contribution is 2.28. The molecule has 1 heterocycles. The Labute approximate surface area is 144 Å². The lowest BCUT2D eigenvalue weighted by Gasteiger charge is -2.36. The van der Waals surface area contributed by atoms with E-state index in [-0.39, 0.29) is 18.0 Å². The molecule has 5 heteroatoms. The van der Waals surface area contributed by atoms with Crippen molar-refractivity contribution in [2.24, 2.45) is 0 Å². The van der Waals surface area contributed by atoms with E-state index in [1.807, 2.05) is 68.4 Å². The lowest BCUT2D eigenvalue weighted by Crippen LogP contribution is -2.46. The molecule has 0 radical (unpaired) electrons. The quantitative estimate of drug-likeness (QED) is 0.854. The Balaban J connectivity index is 1.78. The van der Waals surface area contributed by atoms with Crippen molar-refractivity contribution in [1.29, 1.82) is 0 Å². The maximum absolute atomic E-state index is 12.8. The van der Waals surface area contributed by atoms with E-state index >= 15 is 0 Å². The van der Waals surface area contributed by atoms with E-state index in [0.29, 0.717) is 13.1 Å². The highest BCUT2D eigenvalue weighted by Gasteiger charge is 2.33. The Bertz CT molecular complexity index is 772. The second kappa shape index (κ2) is 7.05. The van der Waals surface area contributed by atoms with Crippen molar-refractivity contribution < 1.29 is 13.2 Å². The molecule has 2 aromatic rings. The third kappa shape index (κ3) is 4.04. The van der Waals surface area contributed by atoms with Crippen LogP contribution >= 0.6 is 0 Å². The van der Waals surface area contributed by atoms with Crippen LogP contribution < -0.4 is 0 Å². The van der Waals surface area contributed by atoms with Gasteiger partial charge in [0.15, 0.2) is 0 Å². The molecule has 0 bridgehead atoms. The average molecular weight is 345 g/mol. The molecule has 4 nitrogen and oxygen atoms in total. The van der Waals surface area contributed by atoms with E-state index < -0.39 is 10.0 Å². The monoisotopic (exact) mass is 345 g/mol. The molecule has 1 aliphatic rings. The fourth-order valence-corrected chi connectivity index (χ4v) is 4.58. The molecule has 0 saturated carbocycles. The summed E-state index contributed by atoms with van der Waals surface area (Å²) in [4.78, 5) is 0. The van der Waals surface area contributed by atoms with Gasteiger partial charge in [-0.05, 0) is 25.0 Å². The molecule has 0 amide bonds. The van der Waals surface area contributed by atoms with Crippen molar-refractivity contribution in [3.05, 3.63) is 71.3 Å². The van der Waals surface area contributed by atoms with Crippen LogP contribution in [0, 0.1) is 6.92 Å². The van der Waals surface area contributed by atoms with Crippen molar-refractivity contribution >= 4 is 10.0 Å². The molecule has 0 spiro atoms. The highest BCUT2D eigenvalue weighted by molar-refractivity contribution is 7.88. The lowest BCUT2D eigenvalue weighted by atomic mass is 10.1. The van der Waals surface area contributed by atoms with Crippen LogP contribution in [0.1, 0.15) is 29.7 Å². The van der Waals surface area contributed by atoms with Gasteiger partial charge in [-0.3, -0.25) is 0 Å². The summed E-state index contributed by atoms with van der Waals surface area (Å²) in [6.07, 6.45) is -0.351. The summed E-state index contributed by atoms with van der Waals surface area (Å²) in [6.45, 7) is 4.72. The van der Waals surface area contributed by atoms with Crippen LogP contribution in [0.3, 0.4) is 0 Å². The van der Waals surface area contributed by atoms with Crippen LogP contribution in [0.4, 0.5) is 0 Å². The SMILES string of the molecule is Cc1ccc(C2CN(S(=O)(=O)Cc3ccccc3)CC(C)O2)cc1. The summed E-state index contributed by atoms with van der Waals surface area (Å²) in [6, 6.07) is 17.4. The van der Waals surface area contributed by atoms with Gasteiger partial charge < -0.3 is 4.74 Å². The van der Waals surface area contributed by atoms with Gasteiger partial charge in [0.2, 0.25) is 10.0 Å². The summed E-state index contributed by atoms with van der Waals surface area (Å²) in [5.74, 6) is 0.0289. The van der Waals surface area contributed by atoms with Gasteiger partial charge in [-0.1, -0.05) is 60.2 Å². The van der Waals surface area contributed by atoms with E-state index in [1.165, 1.54) is 5.56 Å². The summed E-state index contributed by atoms with van der Waals surface area (Å²) < 4.78 is 33.2. The normalized spacial score (nSPS) is 22.4. The molecule has 24 heavy (non-hydrogen) atoms. The highest BCUT2D eigenvalue weighted by atomic mass is 32.2. The van der Waals surface area contributed by atoms with E-state index in [9.17, 15) is 8.42 Å². The van der Waals surface area contributed by atoms with Crippen LogP contribution in [0.2, 0.25) is 0 Å². The molecular weight excluding hydrogens is 322 g/mol.